The standard InChI is InChI=1S/C12H12O4S/c1-2-17(15)7-8-3-4-10-9(5-8)6-11(16-10)12(13)14/h3-6H,2,7H2,1H3,(H,13,14). The molecule has 4 nitrogen and oxygen atoms in total. The average Bonchev–Trinajstić information content (AvgIpc) is 2.72. The first-order valence-corrected chi connectivity index (χ1v) is 6.69. The predicted molar refractivity (Wildman–Crippen MR) is 65.6 cm³/mol. The van der Waals surface area contributed by atoms with E-state index in [-0.39, 0.29) is 5.76 Å². The van der Waals surface area contributed by atoms with E-state index in [0.717, 1.165) is 10.9 Å². The third-order valence-electron chi connectivity index (χ3n) is 2.44. The van der Waals surface area contributed by atoms with E-state index in [9.17, 15) is 9.00 Å². The molecule has 0 saturated carbocycles. The third kappa shape index (κ3) is 2.55. The van der Waals surface area contributed by atoms with Crippen molar-refractivity contribution in [1.29, 1.82) is 0 Å². The van der Waals surface area contributed by atoms with Crippen molar-refractivity contribution in [2.75, 3.05) is 5.75 Å². The van der Waals surface area contributed by atoms with Crippen LogP contribution in [0.2, 0.25) is 0 Å². The van der Waals surface area contributed by atoms with Crippen LogP contribution in [0.25, 0.3) is 11.0 Å². The number of furan rings is 1. The van der Waals surface area contributed by atoms with Gasteiger partial charge >= 0.3 is 5.97 Å². The molecule has 17 heavy (non-hydrogen) atoms. The summed E-state index contributed by atoms with van der Waals surface area (Å²) in [6.45, 7) is 1.87. The minimum Gasteiger partial charge on any atom is -0.475 e. The summed E-state index contributed by atoms with van der Waals surface area (Å²) in [5.41, 5.74) is 1.46. The van der Waals surface area contributed by atoms with Crippen LogP contribution in [0.4, 0.5) is 0 Å². The Morgan fingerprint density at radius 2 is 2.18 bits per heavy atom. The molecule has 0 amide bonds. The van der Waals surface area contributed by atoms with Gasteiger partial charge in [-0.3, -0.25) is 4.21 Å². The number of fused-ring (bicyclic) bond motifs is 1. The van der Waals surface area contributed by atoms with Gasteiger partial charge in [0.15, 0.2) is 0 Å². The Morgan fingerprint density at radius 3 is 2.82 bits per heavy atom. The highest BCUT2D eigenvalue weighted by atomic mass is 32.2. The average molecular weight is 252 g/mol. The maximum atomic E-state index is 11.4. The van der Waals surface area contributed by atoms with Crippen LogP contribution < -0.4 is 0 Å². The Kier molecular flexibility index (Phi) is 3.28. The lowest BCUT2D eigenvalue weighted by atomic mass is 10.2. The number of benzene rings is 1. The monoisotopic (exact) mass is 252 g/mol. The topological polar surface area (TPSA) is 67.5 Å². The van der Waals surface area contributed by atoms with Gasteiger partial charge in [0.1, 0.15) is 5.58 Å². The maximum absolute atomic E-state index is 11.4. The lowest BCUT2D eigenvalue weighted by molar-refractivity contribution is 0.0665. The molecule has 2 rings (SSSR count). The second-order valence-electron chi connectivity index (χ2n) is 3.66. The molecule has 1 unspecified atom stereocenters. The first kappa shape index (κ1) is 11.9. The normalized spacial score (nSPS) is 12.8. The molecule has 0 bridgehead atoms. The van der Waals surface area contributed by atoms with Crippen molar-refractivity contribution in [2.45, 2.75) is 12.7 Å². The van der Waals surface area contributed by atoms with Crippen LogP contribution in [0.5, 0.6) is 0 Å². The Labute approximate surface area is 101 Å². The number of rotatable bonds is 4. The molecule has 0 aliphatic heterocycles. The van der Waals surface area contributed by atoms with Crippen molar-refractivity contribution in [3.8, 4) is 0 Å². The van der Waals surface area contributed by atoms with Crippen LogP contribution in [-0.4, -0.2) is 21.0 Å². The van der Waals surface area contributed by atoms with E-state index in [2.05, 4.69) is 0 Å². The SMILES string of the molecule is CCS(=O)Cc1ccc2oc(C(=O)O)cc2c1. The lowest BCUT2D eigenvalue weighted by Crippen LogP contribution is -1.96. The largest absolute Gasteiger partial charge is 0.475 e. The van der Waals surface area contributed by atoms with Crippen molar-refractivity contribution in [1.82, 2.24) is 0 Å². The zero-order valence-electron chi connectivity index (χ0n) is 9.30. The minimum atomic E-state index is -1.08. The molecule has 90 valence electrons. The second-order valence-corrected chi connectivity index (χ2v) is 5.41. The number of aromatic carboxylic acids is 1. The molecular formula is C12H12O4S. The van der Waals surface area contributed by atoms with Crippen LogP contribution >= 0.6 is 0 Å². The molecule has 0 aliphatic carbocycles. The van der Waals surface area contributed by atoms with Crippen LogP contribution in [0, 0.1) is 0 Å². The van der Waals surface area contributed by atoms with Crippen molar-refractivity contribution >= 4 is 27.7 Å². The van der Waals surface area contributed by atoms with E-state index in [4.69, 9.17) is 9.52 Å². The molecule has 0 fully saturated rings. The van der Waals surface area contributed by atoms with Gasteiger partial charge in [0, 0.05) is 27.7 Å². The third-order valence-corrected chi connectivity index (χ3v) is 3.74. The summed E-state index contributed by atoms with van der Waals surface area (Å²) < 4.78 is 16.6. The zero-order chi connectivity index (χ0) is 12.4. The smallest absolute Gasteiger partial charge is 0.371 e. The van der Waals surface area contributed by atoms with Gasteiger partial charge in [-0.2, -0.15) is 0 Å². The maximum Gasteiger partial charge on any atom is 0.371 e. The van der Waals surface area contributed by atoms with Crippen LogP contribution in [-0.2, 0) is 16.6 Å². The molecule has 0 aliphatic rings. The predicted octanol–water partition coefficient (Wildman–Crippen LogP) is 2.40. The van der Waals surface area contributed by atoms with Crippen molar-refractivity contribution in [2.24, 2.45) is 0 Å². The second kappa shape index (κ2) is 4.71. The number of carboxylic acid groups (broad SMARTS) is 1. The quantitative estimate of drug-likeness (QED) is 0.907. The van der Waals surface area contributed by atoms with E-state index in [1.807, 2.05) is 19.1 Å². The molecule has 1 aromatic carbocycles. The van der Waals surface area contributed by atoms with Gasteiger partial charge in [-0.25, -0.2) is 4.79 Å². The highest BCUT2D eigenvalue weighted by molar-refractivity contribution is 7.84. The van der Waals surface area contributed by atoms with Crippen LogP contribution in [0.15, 0.2) is 28.7 Å². The Hall–Kier alpha value is -1.62. The fourth-order valence-corrected chi connectivity index (χ4v) is 2.33. The molecule has 1 atom stereocenters. The minimum absolute atomic E-state index is 0.0752. The number of hydrogen-bond acceptors (Lipinski definition) is 3. The van der Waals surface area contributed by atoms with Crippen molar-refractivity contribution < 1.29 is 18.5 Å². The van der Waals surface area contributed by atoms with Gasteiger partial charge in [0.2, 0.25) is 5.76 Å². The molecule has 5 heteroatoms. The fourth-order valence-electron chi connectivity index (χ4n) is 1.58. The molecule has 1 aromatic heterocycles. The van der Waals surface area contributed by atoms with Gasteiger partial charge in [-0.15, -0.1) is 0 Å². The van der Waals surface area contributed by atoms with Gasteiger partial charge in [-0.1, -0.05) is 13.0 Å². The van der Waals surface area contributed by atoms with Gasteiger partial charge < -0.3 is 9.52 Å². The molecule has 0 saturated heterocycles. The van der Waals surface area contributed by atoms with E-state index in [1.54, 1.807) is 6.07 Å². The molecule has 2 aromatic rings. The highest BCUT2D eigenvalue weighted by Crippen LogP contribution is 2.21. The Morgan fingerprint density at radius 1 is 1.41 bits per heavy atom. The van der Waals surface area contributed by atoms with Crippen LogP contribution in [0.1, 0.15) is 23.0 Å². The Balaban J connectivity index is 2.36. The van der Waals surface area contributed by atoms with Crippen molar-refractivity contribution in [3.05, 3.63) is 35.6 Å². The summed E-state index contributed by atoms with van der Waals surface area (Å²) in [6, 6.07) is 6.82. The number of hydrogen-bond donors (Lipinski definition) is 1. The number of carbonyl (C=O) groups is 1. The summed E-state index contributed by atoms with van der Waals surface area (Å²) in [5, 5.41) is 9.53. The highest BCUT2D eigenvalue weighted by Gasteiger charge is 2.10. The molecular weight excluding hydrogens is 240 g/mol. The summed E-state index contributed by atoms with van der Waals surface area (Å²) in [7, 11) is -0.870. The summed E-state index contributed by atoms with van der Waals surface area (Å²) in [6.07, 6.45) is 0. The summed E-state index contributed by atoms with van der Waals surface area (Å²) >= 11 is 0. The van der Waals surface area contributed by atoms with E-state index >= 15 is 0 Å². The van der Waals surface area contributed by atoms with Crippen molar-refractivity contribution in [3.63, 3.8) is 0 Å². The van der Waals surface area contributed by atoms with E-state index < -0.39 is 16.8 Å². The number of carboxylic acids is 1. The fraction of sp³-hybridized carbons (Fsp3) is 0.250. The summed E-state index contributed by atoms with van der Waals surface area (Å²) in [5.74, 6) is -0.0576. The van der Waals surface area contributed by atoms with Gasteiger partial charge in [-0.05, 0) is 23.8 Å². The van der Waals surface area contributed by atoms with E-state index in [0.29, 0.717) is 17.1 Å². The molecule has 1 heterocycles. The van der Waals surface area contributed by atoms with Gasteiger partial charge in [0.25, 0.3) is 0 Å². The first-order chi connectivity index (χ1) is 8.10. The van der Waals surface area contributed by atoms with E-state index in [1.165, 1.54) is 6.07 Å². The lowest BCUT2D eigenvalue weighted by Gasteiger charge is -1.99. The molecule has 0 radical (unpaired) electrons. The van der Waals surface area contributed by atoms with Gasteiger partial charge in [0.05, 0.1) is 0 Å². The van der Waals surface area contributed by atoms with Crippen LogP contribution in [0.3, 0.4) is 0 Å². The zero-order valence-corrected chi connectivity index (χ0v) is 10.1. The molecule has 0 spiro atoms. The Bertz CT molecular complexity index is 585. The summed E-state index contributed by atoms with van der Waals surface area (Å²) in [4.78, 5) is 10.7. The first-order valence-electron chi connectivity index (χ1n) is 5.21. The molecule has 1 N–H and O–H groups in total.